The molecule has 5 heteroatoms. The lowest BCUT2D eigenvalue weighted by atomic mass is 10.2. The molecule has 2 rings (SSSR count). The van der Waals surface area contributed by atoms with Crippen LogP contribution in [0, 0.1) is 0 Å². The molecule has 2 aromatic rings. The van der Waals surface area contributed by atoms with Crippen molar-refractivity contribution in [2.24, 2.45) is 5.73 Å². The lowest BCUT2D eigenvalue weighted by Crippen LogP contribution is -2.15. The number of hydrogen-bond acceptors (Lipinski definition) is 3. The maximum absolute atomic E-state index is 6.22. The van der Waals surface area contributed by atoms with Gasteiger partial charge in [-0.1, -0.05) is 6.92 Å². The van der Waals surface area contributed by atoms with Crippen molar-refractivity contribution in [2.75, 3.05) is 0 Å². The molecule has 0 radical (unpaired) electrons. The summed E-state index contributed by atoms with van der Waals surface area (Å²) in [6.45, 7) is 3.17. The van der Waals surface area contributed by atoms with Crippen molar-refractivity contribution in [1.82, 2.24) is 9.55 Å². The summed E-state index contributed by atoms with van der Waals surface area (Å²) >= 11 is 5.21. The Kier molecular flexibility index (Phi) is 4.36. The highest BCUT2D eigenvalue weighted by molar-refractivity contribution is 9.10. The van der Waals surface area contributed by atoms with E-state index in [9.17, 15) is 0 Å². The molecule has 3 nitrogen and oxygen atoms in total. The highest BCUT2D eigenvalue weighted by Crippen LogP contribution is 2.29. The van der Waals surface area contributed by atoms with Gasteiger partial charge in [0.05, 0.1) is 0 Å². The molecule has 0 aliphatic heterocycles. The Labute approximate surface area is 114 Å². The molecule has 0 saturated heterocycles. The second-order valence-electron chi connectivity index (χ2n) is 3.98. The third-order valence-electron chi connectivity index (χ3n) is 2.65. The second kappa shape index (κ2) is 5.80. The Balaban J connectivity index is 2.10. The van der Waals surface area contributed by atoms with Gasteiger partial charge in [0.1, 0.15) is 5.82 Å². The van der Waals surface area contributed by atoms with Crippen molar-refractivity contribution < 1.29 is 0 Å². The fourth-order valence-corrected chi connectivity index (χ4v) is 3.50. The normalized spacial score (nSPS) is 12.9. The fraction of sp³-hybridized carbons (Fsp3) is 0.417. The van der Waals surface area contributed by atoms with Gasteiger partial charge in [-0.25, -0.2) is 4.98 Å². The van der Waals surface area contributed by atoms with Crippen LogP contribution in [0.15, 0.2) is 28.3 Å². The van der Waals surface area contributed by atoms with Gasteiger partial charge >= 0.3 is 0 Å². The summed E-state index contributed by atoms with van der Waals surface area (Å²) in [6, 6.07) is 2.06. The SMILES string of the molecule is CCCn1ccnc1CC(N)c1sccc1Br. The van der Waals surface area contributed by atoms with E-state index in [-0.39, 0.29) is 6.04 Å². The summed E-state index contributed by atoms with van der Waals surface area (Å²) in [6.07, 6.45) is 5.77. The van der Waals surface area contributed by atoms with E-state index in [1.54, 1.807) is 11.3 Å². The molecule has 0 spiro atoms. The van der Waals surface area contributed by atoms with Crippen LogP contribution in [-0.4, -0.2) is 9.55 Å². The van der Waals surface area contributed by atoms with Gasteiger partial charge in [-0.15, -0.1) is 11.3 Å². The summed E-state index contributed by atoms with van der Waals surface area (Å²) in [7, 11) is 0. The quantitative estimate of drug-likeness (QED) is 0.919. The van der Waals surface area contributed by atoms with Crippen LogP contribution >= 0.6 is 27.3 Å². The summed E-state index contributed by atoms with van der Waals surface area (Å²) in [5.74, 6) is 1.07. The molecule has 0 amide bonds. The summed E-state index contributed by atoms with van der Waals surface area (Å²) in [5, 5.41) is 2.05. The molecule has 1 atom stereocenters. The molecule has 1 unspecified atom stereocenters. The van der Waals surface area contributed by atoms with E-state index >= 15 is 0 Å². The average Bonchev–Trinajstić information content (AvgIpc) is 2.89. The maximum Gasteiger partial charge on any atom is 0.110 e. The minimum absolute atomic E-state index is 0.0161. The molecule has 0 aliphatic carbocycles. The van der Waals surface area contributed by atoms with Crippen molar-refractivity contribution in [3.63, 3.8) is 0 Å². The number of nitrogens with zero attached hydrogens (tertiary/aromatic N) is 2. The molecule has 17 heavy (non-hydrogen) atoms. The first kappa shape index (κ1) is 12.8. The fourth-order valence-electron chi connectivity index (χ4n) is 1.83. The predicted molar refractivity (Wildman–Crippen MR) is 75.2 cm³/mol. The zero-order valence-electron chi connectivity index (χ0n) is 9.77. The van der Waals surface area contributed by atoms with E-state index in [0.29, 0.717) is 0 Å². The van der Waals surface area contributed by atoms with Crippen LogP contribution in [0.25, 0.3) is 0 Å². The van der Waals surface area contributed by atoms with Gasteiger partial charge in [0.2, 0.25) is 0 Å². The zero-order valence-corrected chi connectivity index (χ0v) is 12.2. The van der Waals surface area contributed by atoms with Gasteiger partial charge in [0.15, 0.2) is 0 Å². The number of halogens is 1. The minimum atomic E-state index is 0.0161. The first-order valence-corrected chi connectivity index (χ1v) is 7.38. The number of hydrogen-bond donors (Lipinski definition) is 1. The lowest BCUT2D eigenvalue weighted by Gasteiger charge is -2.12. The Morgan fingerprint density at radius 1 is 1.59 bits per heavy atom. The first-order valence-electron chi connectivity index (χ1n) is 5.70. The van der Waals surface area contributed by atoms with Crippen molar-refractivity contribution in [3.8, 4) is 0 Å². The van der Waals surface area contributed by atoms with E-state index < -0.39 is 0 Å². The van der Waals surface area contributed by atoms with E-state index in [0.717, 1.165) is 29.7 Å². The standard InChI is InChI=1S/C12H16BrN3S/c1-2-5-16-6-4-15-11(16)8-10(14)12-9(13)3-7-17-12/h3-4,6-7,10H,2,5,8,14H2,1H3. The highest BCUT2D eigenvalue weighted by atomic mass is 79.9. The van der Waals surface area contributed by atoms with Gasteiger partial charge in [-0.3, -0.25) is 0 Å². The summed E-state index contributed by atoms with van der Waals surface area (Å²) < 4.78 is 3.28. The molecule has 0 aromatic carbocycles. The molecule has 2 N–H and O–H groups in total. The number of aromatic nitrogens is 2. The Bertz CT molecular complexity index is 478. The van der Waals surface area contributed by atoms with Gasteiger partial charge in [-0.2, -0.15) is 0 Å². The summed E-state index contributed by atoms with van der Waals surface area (Å²) in [4.78, 5) is 5.58. The van der Waals surface area contributed by atoms with Gasteiger partial charge in [0.25, 0.3) is 0 Å². The van der Waals surface area contributed by atoms with E-state index in [4.69, 9.17) is 5.73 Å². The molecule has 2 aromatic heterocycles. The molecule has 2 heterocycles. The highest BCUT2D eigenvalue weighted by Gasteiger charge is 2.14. The number of nitrogens with two attached hydrogens (primary N) is 1. The number of thiophene rings is 1. The van der Waals surface area contributed by atoms with Gasteiger partial charge < -0.3 is 10.3 Å². The topological polar surface area (TPSA) is 43.8 Å². The molecule has 92 valence electrons. The average molecular weight is 314 g/mol. The second-order valence-corrected chi connectivity index (χ2v) is 5.78. The van der Waals surface area contributed by atoms with Crippen molar-refractivity contribution in [1.29, 1.82) is 0 Å². The number of imidazole rings is 1. The van der Waals surface area contributed by atoms with E-state index in [2.05, 4.69) is 37.8 Å². The molecular formula is C12H16BrN3S. The molecule has 0 saturated carbocycles. The predicted octanol–water partition coefficient (Wildman–Crippen LogP) is 3.36. The number of rotatable bonds is 5. The zero-order chi connectivity index (χ0) is 12.3. The monoisotopic (exact) mass is 313 g/mol. The van der Waals surface area contributed by atoms with E-state index in [1.807, 2.05) is 18.5 Å². The Morgan fingerprint density at radius 2 is 2.41 bits per heavy atom. The van der Waals surface area contributed by atoms with Crippen LogP contribution < -0.4 is 5.73 Å². The van der Waals surface area contributed by atoms with E-state index in [1.165, 1.54) is 4.88 Å². The van der Waals surface area contributed by atoms with Crippen molar-refractivity contribution in [3.05, 3.63) is 39.0 Å². The Hall–Kier alpha value is -0.650. The molecule has 0 fully saturated rings. The smallest absolute Gasteiger partial charge is 0.110 e. The van der Waals surface area contributed by atoms with Gasteiger partial charge in [0, 0.05) is 40.8 Å². The Morgan fingerprint density at radius 3 is 3.06 bits per heavy atom. The van der Waals surface area contributed by atoms with Crippen molar-refractivity contribution >= 4 is 27.3 Å². The summed E-state index contributed by atoms with van der Waals surface area (Å²) in [5.41, 5.74) is 6.22. The molecule has 0 bridgehead atoms. The lowest BCUT2D eigenvalue weighted by molar-refractivity contribution is 0.601. The number of aryl methyl sites for hydroxylation is 1. The maximum atomic E-state index is 6.22. The third-order valence-corrected chi connectivity index (χ3v) is 4.65. The van der Waals surface area contributed by atoms with Crippen molar-refractivity contribution in [2.45, 2.75) is 32.4 Å². The molecular weight excluding hydrogens is 298 g/mol. The van der Waals surface area contributed by atoms with Crippen LogP contribution in [-0.2, 0) is 13.0 Å². The third kappa shape index (κ3) is 2.97. The largest absolute Gasteiger partial charge is 0.335 e. The van der Waals surface area contributed by atoms with Crippen LogP contribution in [0.3, 0.4) is 0 Å². The van der Waals surface area contributed by atoms with Crippen LogP contribution in [0.4, 0.5) is 0 Å². The molecule has 0 aliphatic rings. The van der Waals surface area contributed by atoms with Gasteiger partial charge in [-0.05, 0) is 33.8 Å². The minimum Gasteiger partial charge on any atom is -0.335 e. The first-order chi connectivity index (χ1) is 8.22. The van der Waals surface area contributed by atoms with Crippen LogP contribution in [0.5, 0.6) is 0 Å². The van der Waals surface area contributed by atoms with Crippen LogP contribution in [0.2, 0.25) is 0 Å². The van der Waals surface area contributed by atoms with Crippen LogP contribution in [0.1, 0.15) is 30.1 Å².